The van der Waals surface area contributed by atoms with Gasteiger partial charge in [0.05, 0.1) is 10.7 Å². The highest BCUT2D eigenvalue weighted by Gasteiger charge is 2.14. The predicted molar refractivity (Wildman–Crippen MR) is 90.9 cm³/mol. The molecule has 2 nitrogen and oxygen atoms in total. The van der Waals surface area contributed by atoms with Gasteiger partial charge in [-0.05, 0) is 31.0 Å². The fraction of sp³-hybridized carbons (Fsp3) is 0.647. The second-order valence-electron chi connectivity index (χ2n) is 5.22. The number of benzene rings is 1. The monoisotopic (exact) mass is 296 g/mol. The Kier molecular flexibility index (Phi) is 8.72. The molecule has 0 atom stereocenters. The van der Waals surface area contributed by atoms with Gasteiger partial charge in [0.25, 0.3) is 0 Å². The quantitative estimate of drug-likeness (QED) is 0.663. The lowest BCUT2D eigenvalue weighted by Gasteiger charge is -2.28. The zero-order valence-corrected chi connectivity index (χ0v) is 14.0. The van der Waals surface area contributed by atoms with E-state index in [4.69, 9.17) is 11.6 Å². The molecule has 3 heteroatoms. The highest BCUT2D eigenvalue weighted by Crippen LogP contribution is 2.30. The first-order valence-electron chi connectivity index (χ1n) is 7.97. The maximum absolute atomic E-state index is 6.49. The second kappa shape index (κ2) is 10.1. The van der Waals surface area contributed by atoms with E-state index in [0.29, 0.717) is 0 Å². The van der Waals surface area contributed by atoms with Crippen LogP contribution in [0, 0.1) is 0 Å². The lowest BCUT2D eigenvalue weighted by molar-refractivity contribution is 0.668. The molecule has 0 amide bonds. The van der Waals surface area contributed by atoms with Crippen molar-refractivity contribution in [3.8, 4) is 0 Å². The summed E-state index contributed by atoms with van der Waals surface area (Å²) in [5.74, 6) is 0. The fourth-order valence-electron chi connectivity index (χ4n) is 2.35. The Morgan fingerprint density at radius 2 is 1.70 bits per heavy atom. The van der Waals surface area contributed by atoms with Crippen LogP contribution in [0.25, 0.3) is 0 Å². The van der Waals surface area contributed by atoms with Crippen molar-refractivity contribution in [2.45, 2.75) is 53.0 Å². The van der Waals surface area contributed by atoms with Crippen LogP contribution in [0.15, 0.2) is 18.2 Å². The molecular formula is C17H29ClN2. The van der Waals surface area contributed by atoms with Crippen LogP contribution >= 0.6 is 11.6 Å². The molecule has 0 saturated carbocycles. The Labute approximate surface area is 129 Å². The molecule has 0 aliphatic carbocycles. The molecule has 20 heavy (non-hydrogen) atoms. The van der Waals surface area contributed by atoms with Crippen LogP contribution in [-0.2, 0) is 6.54 Å². The van der Waals surface area contributed by atoms with Crippen LogP contribution in [0.5, 0.6) is 0 Å². The van der Waals surface area contributed by atoms with Gasteiger partial charge in [-0.25, -0.2) is 0 Å². The number of halogens is 1. The zero-order valence-electron chi connectivity index (χ0n) is 13.2. The Hall–Kier alpha value is -0.730. The topological polar surface area (TPSA) is 15.3 Å². The van der Waals surface area contributed by atoms with Gasteiger partial charge in [-0.1, -0.05) is 57.3 Å². The van der Waals surface area contributed by atoms with Crippen LogP contribution in [0.3, 0.4) is 0 Å². The van der Waals surface area contributed by atoms with Gasteiger partial charge >= 0.3 is 0 Å². The van der Waals surface area contributed by atoms with E-state index in [0.717, 1.165) is 31.2 Å². The summed E-state index contributed by atoms with van der Waals surface area (Å²) < 4.78 is 0. The van der Waals surface area contributed by atoms with Crippen LogP contribution in [-0.4, -0.2) is 19.6 Å². The first-order valence-corrected chi connectivity index (χ1v) is 8.35. The smallest absolute Gasteiger partial charge is 0.0642 e. The summed E-state index contributed by atoms with van der Waals surface area (Å²) in [5.41, 5.74) is 2.54. The van der Waals surface area contributed by atoms with Crippen molar-refractivity contribution in [3.05, 3.63) is 28.8 Å². The van der Waals surface area contributed by atoms with Crippen LogP contribution in [0.2, 0.25) is 5.02 Å². The van der Waals surface area contributed by atoms with Gasteiger partial charge in [-0.2, -0.15) is 0 Å². The molecule has 0 aromatic heterocycles. The van der Waals surface area contributed by atoms with Crippen molar-refractivity contribution >= 4 is 17.3 Å². The van der Waals surface area contributed by atoms with Crippen molar-refractivity contribution in [3.63, 3.8) is 0 Å². The third-order valence-electron chi connectivity index (χ3n) is 3.52. The van der Waals surface area contributed by atoms with Crippen molar-refractivity contribution in [2.24, 2.45) is 0 Å². The molecule has 1 rings (SSSR count). The first kappa shape index (κ1) is 17.3. The molecular weight excluding hydrogens is 268 g/mol. The van der Waals surface area contributed by atoms with E-state index in [2.05, 4.69) is 43.1 Å². The molecule has 0 heterocycles. The summed E-state index contributed by atoms with van der Waals surface area (Å²) in [7, 11) is 0. The van der Waals surface area contributed by atoms with Gasteiger partial charge in [0, 0.05) is 19.6 Å². The van der Waals surface area contributed by atoms with E-state index >= 15 is 0 Å². The largest absolute Gasteiger partial charge is 0.370 e. The van der Waals surface area contributed by atoms with E-state index in [1.807, 2.05) is 6.07 Å². The lowest BCUT2D eigenvalue weighted by atomic mass is 10.1. The van der Waals surface area contributed by atoms with Crippen molar-refractivity contribution < 1.29 is 0 Å². The highest BCUT2D eigenvalue weighted by molar-refractivity contribution is 6.33. The van der Waals surface area contributed by atoms with Gasteiger partial charge in [0.1, 0.15) is 0 Å². The fourth-order valence-corrected chi connectivity index (χ4v) is 2.66. The number of unbranched alkanes of at least 4 members (excludes halogenated alkanes) is 2. The van der Waals surface area contributed by atoms with E-state index in [-0.39, 0.29) is 0 Å². The van der Waals surface area contributed by atoms with Crippen LogP contribution < -0.4 is 10.2 Å². The second-order valence-corrected chi connectivity index (χ2v) is 5.63. The van der Waals surface area contributed by atoms with E-state index < -0.39 is 0 Å². The average Bonchev–Trinajstić information content (AvgIpc) is 2.46. The molecule has 0 spiro atoms. The molecule has 0 fully saturated rings. The van der Waals surface area contributed by atoms with Gasteiger partial charge in [-0.15, -0.1) is 0 Å². The molecule has 1 N–H and O–H groups in total. The Morgan fingerprint density at radius 3 is 2.25 bits per heavy atom. The zero-order chi connectivity index (χ0) is 14.8. The molecule has 1 aromatic rings. The standard InChI is InChI=1S/C17H29ClN2/c1-4-7-12-20(13-8-5-2)17-15(14-19-6-3)10-9-11-16(17)18/h9-11,19H,4-8,12-14H2,1-3H3. The molecule has 0 bridgehead atoms. The summed E-state index contributed by atoms with van der Waals surface area (Å²) in [5, 5.41) is 4.30. The van der Waals surface area contributed by atoms with Crippen molar-refractivity contribution in [2.75, 3.05) is 24.5 Å². The highest BCUT2D eigenvalue weighted by atomic mass is 35.5. The van der Waals surface area contributed by atoms with Crippen LogP contribution in [0.1, 0.15) is 52.0 Å². The maximum atomic E-state index is 6.49. The Balaban J connectivity index is 2.95. The Morgan fingerprint density at radius 1 is 1.05 bits per heavy atom. The first-order chi connectivity index (χ1) is 9.74. The number of anilines is 1. The van der Waals surface area contributed by atoms with E-state index in [1.165, 1.54) is 36.9 Å². The summed E-state index contributed by atoms with van der Waals surface area (Å²) in [6.45, 7) is 10.7. The van der Waals surface area contributed by atoms with Crippen molar-refractivity contribution in [1.29, 1.82) is 0 Å². The minimum atomic E-state index is 0.882. The SMILES string of the molecule is CCCCN(CCCC)c1c(Cl)cccc1CNCC. The van der Waals surface area contributed by atoms with Gasteiger partial charge in [0.2, 0.25) is 0 Å². The summed E-state index contributed by atoms with van der Waals surface area (Å²) in [4.78, 5) is 2.47. The number of hydrogen-bond acceptors (Lipinski definition) is 2. The predicted octanol–water partition coefficient (Wildman–Crippen LogP) is 4.86. The molecule has 0 aliphatic rings. The van der Waals surface area contributed by atoms with E-state index in [1.54, 1.807) is 0 Å². The summed E-state index contributed by atoms with van der Waals surface area (Å²) >= 11 is 6.49. The Bertz CT molecular complexity index is 371. The van der Waals surface area contributed by atoms with Crippen LogP contribution in [0.4, 0.5) is 5.69 Å². The minimum absolute atomic E-state index is 0.882. The molecule has 0 unspecified atom stereocenters. The molecule has 0 aliphatic heterocycles. The lowest BCUT2D eigenvalue weighted by Crippen LogP contribution is -2.28. The van der Waals surface area contributed by atoms with E-state index in [9.17, 15) is 0 Å². The number of rotatable bonds is 10. The molecule has 1 aromatic carbocycles. The van der Waals surface area contributed by atoms with Gasteiger partial charge in [0.15, 0.2) is 0 Å². The number of nitrogens with zero attached hydrogens (tertiary/aromatic N) is 1. The average molecular weight is 297 g/mol. The number of nitrogens with one attached hydrogen (secondary N) is 1. The third kappa shape index (κ3) is 5.34. The third-order valence-corrected chi connectivity index (χ3v) is 3.82. The van der Waals surface area contributed by atoms with Gasteiger partial charge < -0.3 is 10.2 Å². The number of hydrogen-bond donors (Lipinski definition) is 1. The minimum Gasteiger partial charge on any atom is -0.370 e. The van der Waals surface area contributed by atoms with Gasteiger partial charge in [-0.3, -0.25) is 0 Å². The molecule has 0 radical (unpaired) electrons. The molecule has 0 saturated heterocycles. The summed E-state index contributed by atoms with van der Waals surface area (Å²) in [6, 6.07) is 6.25. The normalized spacial score (nSPS) is 10.8. The summed E-state index contributed by atoms with van der Waals surface area (Å²) in [6.07, 6.45) is 4.87. The van der Waals surface area contributed by atoms with Crippen molar-refractivity contribution in [1.82, 2.24) is 5.32 Å². The maximum Gasteiger partial charge on any atom is 0.0642 e. The number of para-hydroxylation sites is 1. The molecule has 114 valence electrons.